The molecule has 1 unspecified atom stereocenters. The summed E-state index contributed by atoms with van der Waals surface area (Å²) in [6.45, 7) is 10.4. The molecule has 1 atom stereocenters. The normalized spacial score (nSPS) is 13.1. The Morgan fingerprint density at radius 1 is 1.15 bits per heavy atom. The Labute approximate surface area is 158 Å². The van der Waals surface area contributed by atoms with Gasteiger partial charge in [-0.1, -0.05) is 45.0 Å². The minimum atomic E-state index is -0.754. The van der Waals surface area contributed by atoms with Gasteiger partial charge in [0.1, 0.15) is 0 Å². The van der Waals surface area contributed by atoms with Gasteiger partial charge in [-0.05, 0) is 36.6 Å². The molecular weight excluding hydrogens is 342 g/mol. The highest BCUT2D eigenvalue weighted by atomic mass is 32.1. The Kier molecular flexibility index (Phi) is 4.89. The average molecular weight is 368 g/mol. The lowest BCUT2D eigenvalue weighted by molar-refractivity contribution is -0.139. The van der Waals surface area contributed by atoms with Crippen LogP contribution >= 0.6 is 11.3 Å². The number of carboxylic acids is 1. The van der Waals surface area contributed by atoms with Crippen LogP contribution in [-0.2, 0) is 4.79 Å². The molecule has 0 aliphatic rings. The van der Waals surface area contributed by atoms with E-state index in [9.17, 15) is 9.90 Å². The van der Waals surface area contributed by atoms with Gasteiger partial charge in [-0.15, -0.1) is 11.3 Å². The smallest absolute Gasteiger partial charge is 0.311 e. The molecule has 0 spiro atoms. The number of thiophene rings is 1. The van der Waals surface area contributed by atoms with Crippen LogP contribution < -0.4 is 0 Å². The summed E-state index contributed by atoms with van der Waals surface area (Å²) in [6.07, 6.45) is 4.33. The lowest BCUT2D eigenvalue weighted by Crippen LogP contribution is -2.20. The van der Waals surface area contributed by atoms with E-state index in [-0.39, 0.29) is 5.41 Å². The minimum absolute atomic E-state index is 0.0698. The van der Waals surface area contributed by atoms with Gasteiger partial charge in [-0.3, -0.25) is 9.78 Å². The van der Waals surface area contributed by atoms with Crippen molar-refractivity contribution in [3.8, 4) is 11.1 Å². The minimum Gasteiger partial charge on any atom is -0.481 e. The number of aliphatic carboxylic acids is 1. The van der Waals surface area contributed by atoms with Gasteiger partial charge in [0.05, 0.1) is 5.92 Å². The molecule has 3 nitrogen and oxygen atoms in total. The van der Waals surface area contributed by atoms with Crippen LogP contribution in [0.25, 0.3) is 21.9 Å². The van der Waals surface area contributed by atoms with Crippen molar-refractivity contribution in [1.82, 2.24) is 4.98 Å². The van der Waals surface area contributed by atoms with Crippen LogP contribution in [0.5, 0.6) is 0 Å². The molecule has 1 aromatic carbocycles. The van der Waals surface area contributed by atoms with Crippen molar-refractivity contribution in [3.05, 3.63) is 52.0 Å². The third-order valence-corrected chi connectivity index (χ3v) is 5.74. The molecule has 2 heterocycles. The molecule has 3 rings (SSSR count). The molecule has 1 N–H and O–H groups in total. The molecule has 0 saturated heterocycles. The molecule has 0 radical (unpaired) electrons. The first kappa shape index (κ1) is 18.6. The van der Waals surface area contributed by atoms with Crippen LogP contribution in [0.4, 0.5) is 0 Å². The van der Waals surface area contributed by atoms with E-state index in [1.807, 2.05) is 37.5 Å². The number of hydrogen-bond acceptors (Lipinski definition) is 3. The van der Waals surface area contributed by atoms with E-state index < -0.39 is 11.9 Å². The molecule has 0 bridgehead atoms. The molecule has 4 heteroatoms. The zero-order chi connectivity index (χ0) is 19.1. The fourth-order valence-corrected chi connectivity index (χ4v) is 4.83. The third kappa shape index (κ3) is 3.51. The van der Waals surface area contributed by atoms with Gasteiger partial charge in [0.25, 0.3) is 0 Å². The third-order valence-electron chi connectivity index (χ3n) is 4.71. The second-order valence-corrected chi connectivity index (χ2v) is 9.50. The van der Waals surface area contributed by atoms with Gasteiger partial charge in [0, 0.05) is 38.7 Å². The second kappa shape index (κ2) is 6.84. The van der Waals surface area contributed by atoms with Crippen molar-refractivity contribution in [3.63, 3.8) is 0 Å². The fourth-order valence-electron chi connectivity index (χ4n) is 3.70. The number of pyridine rings is 1. The number of carboxylic acid groups (broad SMARTS) is 1. The van der Waals surface area contributed by atoms with Crippen molar-refractivity contribution in [2.75, 3.05) is 0 Å². The Balaban J connectivity index is 2.28. The topological polar surface area (TPSA) is 50.2 Å². The van der Waals surface area contributed by atoms with E-state index in [4.69, 9.17) is 0 Å². The van der Waals surface area contributed by atoms with Crippen molar-refractivity contribution < 1.29 is 9.90 Å². The summed E-state index contributed by atoms with van der Waals surface area (Å²) in [5, 5.41) is 12.2. The molecule has 0 aliphatic heterocycles. The molecule has 2 aromatic heterocycles. The summed E-state index contributed by atoms with van der Waals surface area (Å²) in [5.74, 6) is -1.27. The van der Waals surface area contributed by atoms with E-state index in [1.54, 1.807) is 11.3 Å². The maximum atomic E-state index is 12.2. The largest absolute Gasteiger partial charge is 0.481 e. The van der Waals surface area contributed by atoms with Crippen molar-refractivity contribution in [1.29, 1.82) is 0 Å². The van der Waals surface area contributed by atoms with Crippen LogP contribution in [0.2, 0.25) is 0 Å². The first-order valence-corrected chi connectivity index (χ1v) is 9.66. The summed E-state index contributed by atoms with van der Waals surface area (Å²) < 4.78 is 0. The number of fused-ring (bicyclic) bond motifs is 1. The van der Waals surface area contributed by atoms with Crippen LogP contribution in [0.3, 0.4) is 0 Å². The Hall–Kier alpha value is -2.20. The number of hydrogen-bond donors (Lipinski definition) is 1. The van der Waals surface area contributed by atoms with E-state index in [0.29, 0.717) is 6.42 Å². The van der Waals surface area contributed by atoms with Crippen LogP contribution in [0, 0.1) is 19.3 Å². The molecule has 0 fully saturated rings. The lowest BCUT2D eigenvalue weighted by Gasteiger charge is -2.25. The molecule has 0 amide bonds. The molecule has 26 heavy (non-hydrogen) atoms. The van der Waals surface area contributed by atoms with Gasteiger partial charge in [0.2, 0.25) is 0 Å². The highest BCUT2D eigenvalue weighted by Crippen LogP contribution is 2.45. The molecule has 0 aliphatic carbocycles. The van der Waals surface area contributed by atoms with Gasteiger partial charge in [-0.2, -0.15) is 0 Å². The Morgan fingerprint density at radius 3 is 2.50 bits per heavy atom. The van der Waals surface area contributed by atoms with Crippen LogP contribution in [0.1, 0.15) is 48.4 Å². The van der Waals surface area contributed by atoms with Crippen molar-refractivity contribution >= 4 is 28.1 Å². The highest BCUT2D eigenvalue weighted by molar-refractivity contribution is 7.12. The fraction of sp³-hybridized carbons (Fsp3) is 0.364. The maximum absolute atomic E-state index is 12.2. The summed E-state index contributed by atoms with van der Waals surface area (Å²) >= 11 is 1.68. The van der Waals surface area contributed by atoms with Crippen molar-refractivity contribution in [2.45, 2.75) is 47.0 Å². The highest BCUT2D eigenvalue weighted by Gasteiger charge is 2.32. The van der Waals surface area contributed by atoms with Gasteiger partial charge < -0.3 is 5.11 Å². The summed E-state index contributed by atoms with van der Waals surface area (Å²) in [6, 6.07) is 8.15. The first-order chi connectivity index (χ1) is 12.2. The zero-order valence-corrected chi connectivity index (χ0v) is 16.8. The number of aryl methyl sites for hydroxylation is 2. The van der Waals surface area contributed by atoms with E-state index in [1.165, 1.54) is 0 Å². The summed E-state index contributed by atoms with van der Waals surface area (Å²) in [7, 11) is 0. The van der Waals surface area contributed by atoms with E-state index in [0.717, 1.165) is 37.2 Å². The lowest BCUT2D eigenvalue weighted by atomic mass is 9.79. The number of nitrogens with zero attached hydrogens (tertiary/aromatic N) is 1. The first-order valence-electron chi connectivity index (χ1n) is 8.85. The Morgan fingerprint density at radius 2 is 1.85 bits per heavy atom. The summed E-state index contributed by atoms with van der Waals surface area (Å²) in [5.41, 5.74) is 2.96. The van der Waals surface area contributed by atoms with Crippen LogP contribution in [0.15, 0.2) is 36.7 Å². The predicted octanol–water partition coefficient (Wildman–Crippen LogP) is 6.18. The second-order valence-electron chi connectivity index (χ2n) is 8.07. The van der Waals surface area contributed by atoms with E-state index >= 15 is 0 Å². The standard InChI is InChI=1S/C22H25NO2S/c1-13-19(17(21(24)25)10-22(3,4)5)20(14(2)26-13)18-12-23-11-15-8-6-7-9-16(15)18/h6-9,11-12,17H,10H2,1-5H3,(H,24,25). The van der Waals surface area contributed by atoms with Gasteiger partial charge in [0.15, 0.2) is 0 Å². The quantitative estimate of drug-likeness (QED) is 0.598. The Bertz CT molecular complexity index is 961. The number of aromatic nitrogens is 1. The average Bonchev–Trinajstić information content (AvgIpc) is 2.85. The number of carbonyl (C=O) groups is 1. The molecule has 136 valence electrons. The number of benzene rings is 1. The zero-order valence-electron chi connectivity index (χ0n) is 16.0. The van der Waals surface area contributed by atoms with Gasteiger partial charge >= 0.3 is 5.97 Å². The summed E-state index contributed by atoms with van der Waals surface area (Å²) in [4.78, 5) is 18.8. The SMILES string of the molecule is Cc1sc(C)c(C(CC(C)(C)C)C(=O)O)c1-c1cncc2ccccc12. The predicted molar refractivity (Wildman–Crippen MR) is 109 cm³/mol. The monoisotopic (exact) mass is 367 g/mol. The van der Waals surface area contributed by atoms with E-state index in [2.05, 4.69) is 38.7 Å². The molecule has 3 aromatic rings. The van der Waals surface area contributed by atoms with Gasteiger partial charge in [-0.25, -0.2) is 0 Å². The maximum Gasteiger partial charge on any atom is 0.311 e. The molecular formula is C22H25NO2S. The molecule has 0 saturated carbocycles. The van der Waals surface area contributed by atoms with Crippen LogP contribution in [-0.4, -0.2) is 16.1 Å². The van der Waals surface area contributed by atoms with Crippen molar-refractivity contribution in [2.24, 2.45) is 5.41 Å². The number of rotatable bonds is 4.